The fraction of sp³-hybridized carbons (Fsp3) is 0.538. The Bertz CT molecular complexity index is 586. The molecule has 0 N–H and O–H groups in total. The van der Waals surface area contributed by atoms with Crippen molar-refractivity contribution in [2.45, 2.75) is 39.8 Å². The van der Waals surface area contributed by atoms with Crippen molar-refractivity contribution in [1.82, 2.24) is 9.55 Å². The standard InChI is InChI=1S/C13H18N2O2S/c1-4-10-7-11-12(18-10)14-8-15(13(11)16)5-6-17-9(2)3/h7-9H,4-6H2,1-3H3. The van der Waals surface area contributed by atoms with Gasteiger partial charge in [-0.1, -0.05) is 6.92 Å². The first-order valence-electron chi connectivity index (χ1n) is 6.21. The number of hydrogen-bond donors (Lipinski definition) is 0. The molecule has 2 aromatic heterocycles. The Morgan fingerprint density at radius 3 is 2.94 bits per heavy atom. The zero-order chi connectivity index (χ0) is 13.1. The predicted molar refractivity (Wildman–Crippen MR) is 74.3 cm³/mol. The van der Waals surface area contributed by atoms with Crippen LogP contribution in [0.4, 0.5) is 0 Å². The van der Waals surface area contributed by atoms with E-state index in [9.17, 15) is 4.79 Å². The van der Waals surface area contributed by atoms with Gasteiger partial charge in [0.15, 0.2) is 0 Å². The first kappa shape index (κ1) is 13.2. The number of aromatic nitrogens is 2. The van der Waals surface area contributed by atoms with Crippen LogP contribution in [0.1, 0.15) is 25.6 Å². The molecular weight excluding hydrogens is 248 g/mol. The van der Waals surface area contributed by atoms with E-state index in [1.807, 2.05) is 19.9 Å². The van der Waals surface area contributed by atoms with E-state index in [0.29, 0.717) is 13.2 Å². The third kappa shape index (κ3) is 2.79. The van der Waals surface area contributed by atoms with Crippen LogP contribution in [0.2, 0.25) is 0 Å². The lowest BCUT2D eigenvalue weighted by atomic mass is 10.3. The van der Waals surface area contributed by atoms with E-state index in [2.05, 4.69) is 11.9 Å². The average Bonchev–Trinajstić information content (AvgIpc) is 2.76. The summed E-state index contributed by atoms with van der Waals surface area (Å²) in [6.45, 7) is 7.14. The number of fused-ring (bicyclic) bond motifs is 1. The molecule has 0 aliphatic rings. The van der Waals surface area contributed by atoms with Gasteiger partial charge < -0.3 is 4.74 Å². The fourth-order valence-corrected chi connectivity index (χ4v) is 2.66. The zero-order valence-corrected chi connectivity index (χ0v) is 11.8. The second-order valence-corrected chi connectivity index (χ2v) is 5.56. The number of aryl methyl sites for hydroxylation is 1. The normalized spacial score (nSPS) is 11.6. The van der Waals surface area contributed by atoms with Crippen molar-refractivity contribution >= 4 is 21.6 Å². The summed E-state index contributed by atoms with van der Waals surface area (Å²) in [5, 5.41) is 0.726. The van der Waals surface area contributed by atoms with Crippen molar-refractivity contribution in [3.05, 3.63) is 27.6 Å². The molecule has 0 aliphatic carbocycles. The highest BCUT2D eigenvalue weighted by Gasteiger charge is 2.08. The molecule has 2 rings (SSSR count). The van der Waals surface area contributed by atoms with E-state index < -0.39 is 0 Å². The van der Waals surface area contributed by atoms with E-state index >= 15 is 0 Å². The monoisotopic (exact) mass is 266 g/mol. The summed E-state index contributed by atoms with van der Waals surface area (Å²) in [4.78, 5) is 18.6. The number of hydrogen-bond acceptors (Lipinski definition) is 4. The molecule has 2 aromatic rings. The van der Waals surface area contributed by atoms with Crippen molar-refractivity contribution in [1.29, 1.82) is 0 Å². The third-order valence-electron chi connectivity index (χ3n) is 2.70. The topological polar surface area (TPSA) is 44.1 Å². The first-order valence-corrected chi connectivity index (χ1v) is 7.03. The largest absolute Gasteiger partial charge is 0.377 e. The van der Waals surface area contributed by atoms with Crippen molar-refractivity contribution in [3.63, 3.8) is 0 Å². The van der Waals surface area contributed by atoms with Gasteiger partial charge in [0.25, 0.3) is 5.56 Å². The minimum Gasteiger partial charge on any atom is -0.377 e. The summed E-state index contributed by atoms with van der Waals surface area (Å²) < 4.78 is 7.08. The molecule has 0 aliphatic heterocycles. The van der Waals surface area contributed by atoms with Gasteiger partial charge in [-0.3, -0.25) is 9.36 Å². The van der Waals surface area contributed by atoms with Gasteiger partial charge in [0, 0.05) is 4.88 Å². The van der Waals surface area contributed by atoms with E-state index in [1.54, 1.807) is 22.2 Å². The van der Waals surface area contributed by atoms with Gasteiger partial charge in [0.05, 0.1) is 31.0 Å². The molecular formula is C13H18N2O2S. The Labute approximate surface area is 110 Å². The maximum atomic E-state index is 12.2. The highest BCUT2D eigenvalue weighted by atomic mass is 32.1. The van der Waals surface area contributed by atoms with Gasteiger partial charge >= 0.3 is 0 Å². The number of thiophene rings is 1. The Hall–Kier alpha value is -1.20. The lowest BCUT2D eigenvalue weighted by molar-refractivity contribution is 0.0722. The van der Waals surface area contributed by atoms with Crippen LogP contribution in [0.15, 0.2) is 17.2 Å². The summed E-state index contributed by atoms with van der Waals surface area (Å²) >= 11 is 1.59. The summed E-state index contributed by atoms with van der Waals surface area (Å²) in [7, 11) is 0. The van der Waals surface area contributed by atoms with Crippen molar-refractivity contribution in [2.75, 3.05) is 6.61 Å². The van der Waals surface area contributed by atoms with Crippen LogP contribution in [-0.4, -0.2) is 22.3 Å². The molecule has 18 heavy (non-hydrogen) atoms. The molecule has 0 saturated carbocycles. The van der Waals surface area contributed by atoms with Crippen molar-refractivity contribution in [3.8, 4) is 0 Å². The van der Waals surface area contributed by atoms with Gasteiger partial charge in [-0.05, 0) is 26.3 Å². The Morgan fingerprint density at radius 2 is 2.28 bits per heavy atom. The average molecular weight is 266 g/mol. The Balaban J connectivity index is 2.24. The molecule has 0 radical (unpaired) electrons. The lowest BCUT2D eigenvalue weighted by Crippen LogP contribution is -2.23. The maximum Gasteiger partial charge on any atom is 0.262 e. The van der Waals surface area contributed by atoms with Gasteiger partial charge in [-0.2, -0.15) is 0 Å². The molecule has 0 bridgehead atoms. The van der Waals surface area contributed by atoms with Gasteiger partial charge in [0.2, 0.25) is 0 Å². The van der Waals surface area contributed by atoms with Crippen LogP contribution < -0.4 is 5.56 Å². The maximum absolute atomic E-state index is 12.2. The molecule has 0 amide bonds. The SMILES string of the molecule is CCc1cc2c(=O)n(CCOC(C)C)cnc2s1. The molecule has 98 valence electrons. The highest BCUT2D eigenvalue weighted by molar-refractivity contribution is 7.18. The van der Waals surface area contributed by atoms with Crippen LogP contribution in [0, 0.1) is 0 Å². The molecule has 2 heterocycles. The third-order valence-corrected chi connectivity index (χ3v) is 3.89. The molecule has 0 atom stereocenters. The molecule has 0 saturated heterocycles. The minimum atomic E-state index is 0.0308. The van der Waals surface area contributed by atoms with Crippen LogP contribution in [0.5, 0.6) is 0 Å². The van der Waals surface area contributed by atoms with Crippen LogP contribution in [0.25, 0.3) is 10.2 Å². The van der Waals surface area contributed by atoms with Crippen LogP contribution in [-0.2, 0) is 17.7 Å². The second-order valence-electron chi connectivity index (χ2n) is 4.45. The quantitative estimate of drug-likeness (QED) is 0.835. The number of rotatable bonds is 5. The smallest absolute Gasteiger partial charge is 0.262 e. The summed E-state index contributed by atoms with van der Waals surface area (Å²) in [5.74, 6) is 0. The molecule has 0 fully saturated rings. The van der Waals surface area contributed by atoms with E-state index in [-0.39, 0.29) is 11.7 Å². The fourth-order valence-electron chi connectivity index (χ4n) is 1.73. The van der Waals surface area contributed by atoms with E-state index in [4.69, 9.17) is 4.74 Å². The molecule has 0 aromatic carbocycles. The van der Waals surface area contributed by atoms with E-state index in [1.165, 1.54) is 4.88 Å². The Kier molecular flexibility index (Phi) is 4.14. The van der Waals surface area contributed by atoms with Crippen molar-refractivity contribution in [2.24, 2.45) is 0 Å². The summed E-state index contributed by atoms with van der Waals surface area (Å²) in [5.41, 5.74) is 0.0308. The summed E-state index contributed by atoms with van der Waals surface area (Å²) in [6.07, 6.45) is 2.74. The first-order chi connectivity index (χ1) is 8.61. The van der Waals surface area contributed by atoms with Gasteiger partial charge in [-0.25, -0.2) is 4.98 Å². The number of nitrogens with zero attached hydrogens (tertiary/aromatic N) is 2. The van der Waals surface area contributed by atoms with E-state index in [0.717, 1.165) is 16.6 Å². The second kappa shape index (κ2) is 5.63. The molecule has 0 unspecified atom stereocenters. The highest BCUT2D eigenvalue weighted by Crippen LogP contribution is 2.20. The number of ether oxygens (including phenoxy) is 1. The Morgan fingerprint density at radius 1 is 1.50 bits per heavy atom. The molecule has 0 spiro atoms. The summed E-state index contributed by atoms with van der Waals surface area (Å²) in [6, 6.07) is 1.95. The lowest BCUT2D eigenvalue weighted by Gasteiger charge is -2.08. The van der Waals surface area contributed by atoms with Crippen LogP contribution in [0.3, 0.4) is 0 Å². The zero-order valence-electron chi connectivity index (χ0n) is 11.0. The molecule has 4 nitrogen and oxygen atoms in total. The predicted octanol–water partition coefficient (Wildman–Crippen LogP) is 2.45. The molecule has 5 heteroatoms. The minimum absolute atomic E-state index is 0.0308. The van der Waals surface area contributed by atoms with Crippen molar-refractivity contribution < 1.29 is 4.74 Å². The van der Waals surface area contributed by atoms with Gasteiger partial charge in [0.1, 0.15) is 4.83 Å². The van der Waals surface area contributed by atoms with Crippen LogP contribution >= 0.6 is 11.3 Å². The van der Waals surface area contributed by atoms with Gasteiger partial charge in [-0.15, -0.1) is 11.3 Å².